The number of esters is 1. The van der Waals surface area contributed by atoms with Crippen LogP contribution >= 0.6 is 0 Å². The Labute approximate surface area is 194 Å². The van der Waals surface area contributed by atoms with Crippen LogP contribution in [0.25, 0.3) is 0 Å². The highest BCUT2D eigenvalue weighted by Crippen LogP contribution is 2.33. The standard InChI is InChI=1S/C24H26F3N3O4/c1-14-20-18(29-28-17-6-3-5-16(13-17)24(25,26)27)7-4-8-19(20)34-21(14)22(31)30-11-9-15(10-12-30)23(32)33-2/h3,5-6,13,15,28H,4,7-12H2,1-2H3/b29-18+. The van der Waals surface area contributed by atoms with E-state index in [1.165, 1.54) is 19.2 Å². The van der Waals surface area contributed by atoms with Gasteiger partial charge >= 0.3 is 12.1 Å². The SMILES string of the molecule is COC(=O)C1CCN(C(=O)c2oc3c(c2C)/C(=N/Nc2cccc(C(F)(F)F)c2)CCC3)CC1. The Hall–Kier alpha value is -3.30. The maximum absolute atomic E-state index is 13.2. The summed E-state index contributed by atoms with van der Waals surface area (Å²) in [5, 5.41) is 4.37. The van der Waals surface area contributed by atoms with Gasteiger partial charge in [0.25, 0.3) is 5.91 Å². The molecule has 1 N–H and O–H groups in total. The van der Waals surface area contributed by atoms with Gasteiger partial charge in [-0.05, 0) is 50.8 Å². The van der Waals surface area contributed by atoms with E-state index in [-0.39, 0.29) is 29.2 Å². The molecule has 2 aromatic rings. The molecule has 1 aliphatic carbocycles. The maximum Gasteiger partial charge on any atom is 0.416 e. The summed E-state index contributed by atoms with van der Waals surface area (Å²) in [4.78, 5) is 26.6. The minimum absolute atomic E-state index is 0.208. The molecule has 1 aromatic heterocycles. The zero-order chi connectivity index (χ0) is 24.5. The second-order valence-corrected chi connectivity index (χ2v) is 8.55. The van der Waals surface area contributed by atoms with Crippen molar-refractivity contribution in [3.05, 3.63) is 52.5 Å². The molecular formula is C24H26F3N3O4. The number of hydrogen-bond donors (Lipinski definition) is 1. The van der Waals surface area contributed by atoms with Gasteiger partial charge in [0.1, 0.15) is 5.76 Å². The van der Waals surface area contributed by atoms with Crippen molar-refractivity contribution in [3.63, 3.8) is 0 Å². The Kier molecular flexibility index (Phi) is 6.67. The van der Waals surface area contributed by atoms with E-state index in [0.29, 0.717) is 55.8 Å². The molecule has 182 valence electrons. The number of piperidine rings is 1. The van der Waals surface area contributed by atoms with Gasteiger partial charge in [0.05, 0.1) is 30.0 Å². The van der Waals surface area contributed by atoms with Crippen LogP contribution in [-0.4, -0.2) is 42.7 Å². The van der Waals surface area contributed by atoms with Crippen molar-refractivity contribution < 1.29 is 31.9 Å². The summed E-state index contributed by atoms with van der Waals surface area (Å²) >= 11 is 0. The molecule has 2 aliphatic rings. The van der Waals surface area contributed by atoms with Gasteiger partial charge in [-0.15, -0.1) is 0 Å². The summed E-state index contributed by atoms with van der Waals surface area (Å²) in [7, 11) is 1.36. The Morgan fingerprint density at radius 2 is 1.94 bits per heavy atom. The summed E-state index contributed by atoms with van der Waals surface area (Å²) < 4.78 is 49.7. The minimum Gasteiger partial charge on any atom is -0.469 e. The highest BCUT2D eigenvalue weighted by molar-refractivity contribution is 6.06. The molecule has 10 heteroatoms. The van der Waals surface area contributed by atoms with Crippen LogP contribution in [0, 0.1) is 12.8 Å². The molecule has 0 saturated carbocycles. The number of amides is 1. The lowest BCUT2D eigenvalue weighted by Crippen LogP contribution is -2.40. The van der Waals surface area contributed by atoms with Gasteiger partial charge in [0, 0.05) is 30.6 Å². The molecule has 1 aliphatic heterocycles. The number of halogens is 3. The number of rotatable bonds is 4. The fourth-order valence-corrected chi connectivity index (χ4v) is 4.51. The predicted molar refractivity (Wildman–Crippen MR) is 119 cm³/mol. The molecule has 1 amide bonds. The van der Waals surface area contributed by atoms with Crippen molar-refractivity contribution in [2.75, 3.05) is 25.6 Å². The van der Waals surface area contributed by atoms with Crippen molar-refractivity contribution in [2.45, 2.75) is 45.2 Å². The molecule has 4 rings (SSSR count). The summed E-state index contributed by atoms with van der Waals surface area (Å²) in [5.74, 6) is 0.197. The lowest BCUT2D eigenvalue weighted by molar-refractivity contribution is -0.146. The minimum atomic E-state index is -4.44. The van der Waals surface area contributed by atoms with Gasteiger partial charge in [0.2, 0.25) is 0 Å². The average Bonchev–Trinajstić information content (AvgIpc) is 3.18. The molecule has 0 spiro atoms. The summed E-state index contributed by atoms with van der Waals surface area (Å²) in [6, 6.07) is 4.84. The first kappa shape index (κ1) is 23.8. The van der Waals surface area contributed by atoms with E-state index in [9.17, 15) is 22.8 Å². The first-order chi connectivity index (χ1) is 16.2. The van der Waals surface area contributed by atoms with E-state index in [4.69, 9.17) is 9.15 Å². The van der Waals surface area contributed by atoms with Crippen molar-refractivity contribution >= 4 is 23.3 Å². The zero-order valence-corrected chi connectivity index (χ0v) is 19.0. The second-order valence-electron chi connectivity index (χ2n) is 8.55. The van der Waals surface area contributed by atoms with E-state index >= 15 is 0 Å². The van der Waals surface area contributed by atoms with Gasteiger partial charge in [-0.2, -0.15) is 18.3 Å². The number of hydrogen-bond acceptors (Lipinski definition) is 6. The molecule has 7 nitrogen and oxygen atoms in total. The third-order valence-electron chi connectivity index (χ3n) is 6.35. The number of likely N-dealkylation sites (tertiary alicyclic amines) is 1. The fourth-order valence-electron chi connectivity index (χ4n) is 4.51. The van der Waals surface area contributed by atoms with Gasteiger partial charge in [-0.1, -0.05) is 6.07 Å². The molecule has 0 atom stereocenters. The van der Waals surface area contributed by atoms with Gasteiger partial charge in [0.15, 0.2) is 5.76 Å². The third kappa shape index (κ3) is 4.80. The Bertz CT molecular complexity index is 1120. The van der Waals surface area contributed by atoms with Crippen LogP contribution in [0.1, 0.15) is 58.7 Å². The number of carbonyl (C=O) groups is 2. The third-order valence-corrected chi connectivity index (χ3v) is 6.35. The summed E-state index contributed by atoms with van der Waals surface area (Å²) in [5.41, 5.74) is 4.23. The number of methoxy groups -OCH3 is 1. The van der Waals surface area contributed by atoms with Crippen molar-refractivity contribution in [3.8, 4) is 0 Å². The van der Waals surface area contributed by atoms with E-state index in [1.807, 2.05) is 0 Å². The molecule has 2 heterocycles. The van der Waals surface area contributed by atoms with Crippen LogP contribution in [0.15, 0.2) is 33.8 Å². The maximum atomic E-state index is 13.2. The number of fused-ring (bicyclic) bond motifs is 1. The van der Waals surface area contributed by atoms with Crippen LogP contribution in [0.5, 0.6) is 0 Å². The number of hydrazone groups is 1. The number of carbonyl (C=O) groups excluding carboxylic acids is 2. The van der Waals surface area contributed by atoms with Crippen LogP contribution < -0.4 is 5.43 Å². The number of aryl methyl sites for hydroxylation is 1. The van der Waals surface area contributed by atoms with Crippen LogP contribution in [0.3, 0.4) is 0 Å². The van der Waals surface area contributed by atoms with Crippen molar-refractivity contribution in [1.82, 2.24) is 4.90 Å². The Morgan fingerprint density at radius 3 is 2.62 bits per heavy atom. The molecular weight excluding hydrogens is 451 g/mol. The van der Waals surface area contributed by atoms with Crippen LogP contribution in [-0.2, 0) is 22.1 Å². The molecule has 1 aromatic carbocycles. The second kappa shape index (κ2) is 9.52. The average molecular weight is 477 g/mol. The van der Waals surface area contributed by atoms with Gasteiger partial charge in [-0.3, -0.25) is 15.0 Å². The molecule has 0 radical (unpaired) electrons. The molecule has 0 bridgehead atoms. The Balaban J connectivity index is 1.52. The number of benzene rings is 1. The number of furan rings is 1. The summed E-state index contributed by atoms with van der Waals surface area (Å²) in [6.07, 6.45) is -1.36. The van der Waals surface area contributed by atoms with E-state index in [0.717, 1.165) is 24.1 Å². The fraction of sp³-hybridized carbons (Fsp3) is 0.458. The summed E-state index contributed by atoms with van der Waals surface area (Å²) in [6.45, 7) is 2.66. The highest BCUT2D eigenvalue weighted by Gasteiger charge is 2.34. The molecule has 34 heavy (non-hydrogen) atoms. The smallest absolute Gasteiger partial charge is 0.416 e. The van der Waals surface area contributed by atoms with Crippen LogP contribution in [0.4, 0.5) is 18.9 Å². The van der Waals surface area contributed by atoms with Gasteiger partial charge < -0.3 is 14.1 Å². The van der Waals surface area contributed by atoms with E-state index in [1.54, 1.807) is 11.8 Å². The number of nitrogens with zero attached hydrogens (tertiary/aromatic N) is 2. The van der Waals surface area contributed by atoms with E-state index < -0.39 is 11.7 Å². The topological polar surface area (TPSA) is 84.1 Å². The largest absolute Gasteiger partial charge is 0.469 e. The van der Waals surface area contributed by atoms with Crippen molar-refractivity contribution in [1.29, 1.82) is 0 Å². The normalized spacial score (nSPS) is 18.0. The number of alkyl halides is 3. The van der Waals surface area contributed by atoms with E-state index in [2.05, 4.69) is 10.5 Å². The quantitative estimate of drug-likeness (QED) is 0.506. The highest BCUT2D eigenvalue weighted by atomic mass is 19.4. The zero-order valence-electron chi connectivity index (χ0n) is 19.0. The number of nitrogens with one attached hydrogen (secondary N) is 1. The molecule has 1 saturated heterocycles. The monoisotopic (exact) mass is 477 g/mol. The van der Waals surface area contributed by atoms with Crippen molar-refractivity contribution in [2.24, 2.45) is 11.0 Å². The first-order valence-corrected chi connectivity index (χ1v) is 11.2. The number of ether oxygens (including phenoxy) is 1. The lowest BCUT2D eigenvalue weighted by Gasteiger charge is -2.30. The molecule has 1 fully saturated rings. The van der Waals surface area contributed by atoms with Crippen LogP contribution in [0.2, 0.25) is 0 Å². The lowest BCUT2D eigenvalue weighted by atomic mass is 9.93. The Morgan fingerprint density at radius 1 is 1.21 bits per heavy atom. The molecule has 0 unspecified atom stereocenters. The van der Waals surface area contributed by atoms with Gasteiger partial charge in [-0.25, -0.2) is 0 Å². The number of anilines is 1. The first-order valence-electron chi connectivity index (χ1n) is 11.2. The predicted octanol–water partition coefficient (Wildman–Crippen LogP) is 4.78.